The van der Waals surface area contributed by atoms with E-state index in [9.17, 15) is 4.79 Å². The number of carbonyl (C=O) groups excluding carboxylic acids is 1. The smallest absolute Gasteiger partial charge is 0.193 e. The molecule has 0 bridgehead atoms. The van der Waals surface area contributed by atoms with Gasteiger partial charge in [-0.2, -0.15) is 10.2 Å². The van der Waals surface area contributed by atoms with E-state index in [4.69, 9.17) is 0 Å². The molecule has 3 aromatic carbocycles. The van der Waals surface area contributed by atoms with Crippen LogP contribution in [-0.2, 0) is 0 Å². The maximum atomic E-state index is 12.5. The highest BCUT2D eigenvalue weighted by Gasteiger charge is 2.11. The van der Waals surface area contributed by atoms with Crippen LogP contribution < -0.4 is 17.3 Å². The number of ketones is 1. The van der Waals surface area contributed by atoms with E-state index in [1.807, 2.05) is 54.6 Å². The van der Waals surface area contributed by atoms with E-state index in [1.54, 1.807) is 12.1 Å². The lowest BCUT2D eigenvalue weighted by atomic mass is 10.0. The van der Waals surface area contributed by atoms with E-state index < -0.39 is 0 Å². The van der Waals surface area contributed by atoms with E-state index in [2.05, 4.69) is 55.3 Å². The van der Waals surface area contributed by atoms with Gasteiger partial charge in [0.05, 0.1) is 45.6 Å². The molecule has 0 N–H and O–H groups in total. The summed E-state index contributed by atoms with van der Waals surface area (Å²) in [5.74, 6) is 0.00502. The first-order valence-electron chi connectivity index (χ1n) is 10.6. The Balaban J connectivity index is 0.00000363. The average molecular weight is 451 g/mol. The molecule has 0 radical (unpaired) electrons. The van der Waals surface area contributed by atoms with Gasteiger partial charge >= 0.3 is 0 Å². The van der Waals surface area contributed by atoms with Crippen LogP contribution in [0.15, 0.2) is 89.1 Å². The first kappa shape index (κ1) is 25.2. The van der Waals surface area contributed by atoms with Crippen molar-refractivity contribution < 1.29 is 21.7 Å². The number of hydrogen-bond donors (Lipinski definition) is 0. The molecule has 5 nitrogen and oxygen atoms in total. The van der Waals surface area contributed by atoms with Crippen molar-refractivity contribution in [2.45, 2.75) is 6.92 Å². The molecule has 0 heterocycles. The fourth-order valence-corrected chi connectivity index (χ4v) is 3.17. The zero-order valence-electron chi connectivity index (χ0n) is 19.2. The van der Waals surface area contributed by atoms with Crippen LogP contribution >= 0.6 is 0 Å². The zero-order valence-corrected chi connectivity index (χ0v) is 20.0. The summed E-state index contributed by atoms with van der Waals surface area (Å²) < 4.78 is 0.943. The Morgan fingerprint density at radius 1 is 0.781 bits per heavy atom. The van der Waals surface area contributed by atoms with Crippen molar-refractivity contribution in [3.05, 3.63) is 90.0 Å². The number of anilines is 1. The highest BCUT2D eigenvalue weighted by molar-refractivity contribution is 6.09. The number of rotatable bonds is 9. The van der Waals surface area contributed by atoms with Gasteiger partial charge in [0.1, 0.15) is 0 Å². The van der Waals surface area contributed by atoms with Gasteiger partial charge in [0.2, 0.25) is 0 Å². The molecule has 0 fully saturated rings. The van der Waals surface area contributed by atoms with Crippen molar-refractivity contribution in [2.75, 3.05) is 45.7 Å². The van der Waals surface area contributed by atoms with Crippen molar-refractivity contribution in [2.24, 2.45) is 10.2 Å². The number of carbonyl (C=O) groups is 1. The Hall–Kier alpha value is -3.02. The van der Waals surface area contributed by atoms with Crippen molar-refractivity contribution in [3.8, 4) is 0 Å². The van der Waals surface area contributed by atoms with Crippen LogP contribution in [0.2, 0.25) is 0 Å². The zero-order chi connectivity index (χ0) is 22.3. The molecule has 0 spiro atoms. The Morgan fingerprint density at radius 2 is 1.28 bits per heavy atom. The highest BCUT2D eigenvalue weighted by atomic mass is 35.5. The second-order valence-corrected chi connectivity index (χ2v) is 8.55. The Morgan fingerprint density at radius 3 is 1.78 bits per heavy atom. The van der Waals surface area contributed by atoms with Crippen molar-refractivity contribution in [1.29, 1.82) is 0 Å². The molecule has 3 aromatic rings. The van der Waals surface area contributed by atoms with Crippen LogP contribution in [0.3, 0.4) is 0 Å². The van der Waals surface area contributed by atoms with Gasteiger partial charge in [-0.25, -0.2) is 0 Å². The number of halogens is 1. The summed E-state index contributed by atoms with van der Waals surface area (Å²) in [6.45, 7) is 5.23. The van der Waals surface area contributed by atoms with Crippen molar-refractivity contribution in [3.63, 3.8) is 0 Å². The molecule has 0 aromatic heterocycles. The molecular weight excluding hydrogens is 420 g/mol. The summed E-state index contributed by atoms with van der Waals surface area (Å²) in [5, 5.41) is 8.65. The van der Waals surface area contributed by atoms with Crippen LogP contribution in [0.1, 0.15) is 22.8 Å². The molecule has 0 saturated heterocycles. The van der Waals surface area contributed by atoms with Gasteiger partial charge in [-0.1, -0.05) is 30.3 Å². The maximum Gasteiger partial charge on any atom is 0.193 e. The van der Waals surface area contributed by atoms with Crippen LogP contribution in [0.25, 0.3) is 0 Å². The van der Waals surface area contributed by atoms with E-state index in [0.29, 0.717) is 16.8 Å². The van der Waals surface area contributed by atoms with Gasteiger partial charge in [0.25, 0.3) is 0 Å². The molecular formula is C26H31ClN4O. The maximum absolute atomic E-state index is 12.5. The molecule has 168 valence electrons. The second-order valence-electron chi connectivity index (χ2n) is 8.55. The van der Waals surface area contributed by atoms with Gasteiger partial charge in [0, 0.05) is 23.4 Å². The number of azo groups is 1. The normalized spacial score (nSPS) is 11.2. The van der Waals surface area contributed by atoms with Crippen molar-refractivity contribution in [1.82, 2.24) is 0 Å². The minimum atomic E-state index is 0. The van der Waals surface area contributed by atoms with E-state index in [-0.39, 0.29) is 18.2 Å². The van der Waals surface area contributed by atoms with Crippen LogP contribution in [0, 0.1) is 0 Å². The van der Waals surface area contributed by atoms with Gasteiger partial charge in [-0.3, -0.25) is 4.79 Å². The summed E-state index contributed by atoms with van der Waals surface area (Å²) >= 11 is 0. The quantitative estimate of drug-likeness (QED) is 0.286. The largest absolute Gasteiger partial charge is 1.00 e. The first-order chi connectivity index (χ1) is 14.9. The lowest BCUT2D eigenvalue weighted by molar-refractivity contribution is -0.868. The monoisotopic (exact) mass is 450 g/mol. The SMILES string of the molecule is CCN(CC[N+](C)(C)C)c1ccc(N=Nc2ccc(C(=O)c3ccccc3)cc2)cc1.[Cl-]. The third-order valence-electron chi connectivity index (χ3n) is 5.08. The fraction of sp³-hybridized carbons (Fsp3) is 0.269. The molecule has 0 amide bonds. The standard InChI is InChI=1S/C26H31N4O.ClH/c1-5-29(19-20-30(2,3)4)25-17-15-24(16-18-25)28-27-23-13-11-22(12-14-23)26(31)21-9-7-6-8-10-21;/h6-18H,5,19-20H2,1-4H3;1H/q+1;/p-1. The van der Waals surface area contributed by atoms with Gasteiger partial charge in [0.15, 0.2) is 5.78 Å². The Kier molecular flexibility index (Phi) is 9.12. The number of likely N-dealkylation sites (N-methyl/N-ethyl adjacent to an activating group) is 2. The van der Waals surface area contributed by atoms with Gasteiger partial charge < -0.3 is 21.8 Å². The lowest BCUT2D eigenvalue weighted by Crippen LogP contribution is -3.00. The average Bonchev–Trinajstić information content (AvgIpc) is 2.78. The number of quaternary nitrogens is 1. The summed E-state index contributed by atoms with van der Waals surface area (Å²) in [4.78, 5) is 14.9. The molecule has 32 heavy (non-hydrogen) atoms. The van der Waals surface area contributed by atoms with Crippen LogP contribution in [-0.4, -0.2) is 51.0 Å². The predicted molar refractivity (Wildman–Crippen MR) is 128 cm³/mol. The summed E-state index contributed by atoms with van der Waals surface area (Å²) in [5.41, 5.74) is 4.03. The minimum absolute atomic E-state index is 0. The number of nitrogens with zero attached hydrogens (tertiary/aromatic N) is 4. The van der Waals surface area contributed by atoms with Gasteiger partial charge in [-0.05, 0) is 55.5 Å². The van der Waals surface area contributed by atoms with Crippen LogP contribution in [0.4, 0.5) is 17.1 Å². The topological polar surface area (TPSA) is 45.0 Å². The molecule has 0 atom stereocenters. The lowest BCUT2D eigenvalue weighted by Gasteiger charge is -2.29. The fourth-order valence-electron chi connectivity index (χ4n) is 3.17. The number of hydrogen-bond acceptors (Lipinski definition) is 4. The minimum Gasteiger partial charge on any atom is -1.00 e. The third-order valence-corrected chi connectivity index (χ3v) is 5.08. The molecule has 0 saturated carbocycles. The third kappa shape index (κ3) is 7.29. The molecule has 0 aliphatic carbocycles. The van der Waals surface area contributed by atoms with E-state index in [0.717, 1.165) is 29.8 Å². The Bertz CT molecular complexity index is 1010. The molecule has 0 aliphatic rings. The van der Waals surface area contributed by atoms with Crippen molar-refractivity contribution >= 4 is 22.8 Å². The summed E-state index contributed by atoms with van der Waals surface area (Å²) in [7, 11) is 6.63. The predicted octanol–water partition coefficient (Wildman–Crippen LogP) is 2.87. The number of benzene rings is 3. The summed E-state index contributed by atoms with van der Waals surface area (Å²) in [6.07, 6.45) is 0. The van der Waals surface area contributed by atoms with Crippen LogP contribution in [0.5, 0.6) is 0 Å². The first-order valence-corrected chi connectivity index (χ1v) is 10.6. The van der Waals surface area contributed by atoms with E-state index >= 15 is 0 Å². The molecule has 3 rings (SSSR count). The molecule has 0 unspecified atom stereocenters. The molecule has 0 aliphatic heterocycles. The highest BCUT2D eigenvalue weighted by Crippen LogP contribution is 2.23. The second kappa shape index (κ2) is 11.6. The van der Waals surface area contributed by atoms with E-state index in [1.165, 1.54) is 5.69 Å². The van der Waals surface area contributed by atoms with Gasteiger partial charge in [-0.15, -0.1) is 0 Å². The molecule has 6 heteroatoms. The summed E-state index contributed by atoms with van der Waals surface area (Å²) in [6, 6.07) is 24.6. The Labute approximate surface area is 197 Å².